The summed E-state index contributed by atoms with van der Waals surface area (Å²) in [6.07, 6.45) is 0.0573. The number of primary amides is 1. The third-order valence-electron chi connectivity index (χ3n) is 3.19. The summed E-state index contributed by atoms with van der Waals surface area (Å²) in [6, 6.07) is 3.61. The Labute approximate surface area is 128 Å². The van der Waals surface area contributed by atoms with E-state index >= 15 is 0 Å². The first kappa shape index (κ1) is 18.0. The van der Waals surface area contributed by atoms with Crippen LogP contribution in [0.15, 0.2) is 18.2 Å². The molecule has 0 fully saturated rings. The molecule has 0 heterocycles. The van der Waals surface area contributed by atoms with Gasteiger partial charge in [-0.3, -0.25) is 14.5 Å². The lowest BCUT2D eigenvalue weighted by molar-refractivity contribution is -0.124. The Morgan fingerprint density at radius 1 is 1.23 bits per heavy atom. The molecule has 0 aliphatic rings. The zero-order valence-corrected chi connectivity index (χ0v) is 12.7. The van der Waals surface area contributed by atoms with Gasteiger partial charge in [-0.1, -0.05) is 6.07 Å². The Kier molecular flexibility index (Phi) is 6.91. The van der Waals surface area contributed by atoms with Gasteiger partial charge >= 0.3 is 0 Å². The van der Waals surface area contributed by atoms with Crippen LogP contribution in [0, 0.1) is 11.6 Å². The van der Waals surface area contributed by atoms with Crippen LogP contribution in [0.5, 0.6) is 0 Å². The van der Waals surface area contributed by atoms with Crippen molar-refractivity contribution in [3.05, 3.63) is 35.4 Å². The smallest absolute Gasteiger partial charge is 0.234 e. The molecule has 1 aromatic carbocycles. The Hall–Kier alpha value is -2.02. The summed E-state index contributed by atoms with van der Waals surface area (Å²) in [5.74, 6) is -2.11. The standard InChI is InChI=1S/C15H21F2N3O2/c1-10(2)20(8-14(18)21)9-15(22)19-7-6-11-12(16)4-3-5-13(11)17/h3-5,10H,6-9H2,1-2H3,(H2,18,21)(H,19,22). The number of nitrogens with one attached hydrogen (secondary N) is 1. The van der Waals surface area contributed by atoms with Crippen LogP contribution < -0.4 is 11.1 Å². The molecule has 0 unspecified atom stereocenters. The van der Waals surface area contributed by atoms with Gasteiger partial charge in [-0.05, 0) is 32.4 Å². The molecule has 0 bridgehead atoms. The highest BCUT2D eigenvalue weighted by Gasteiger charge is 2.16. The molecule has 0 spiro atoms. The molecule has 3 N–H and O–H groups in total. The fourth-order valence-corrected chi connectivity index (χ4v) is 1.96. The van der Waals surface area contributed by atoms with Crippen molar-refractivity contribution in [1.82, 2.24) is 10.2 Å². The molecule has 0 aliphatic heterocycles. The second kappa shape index (κ2) is 8.43. The van der Waals surface area contributed by atoms with Crippen molar-refractivity contribution >= 4 is 11.8 Å². The molecule has 1 rings (SSSR count). The van der Waals surface area contributed by atoms with Crippen LogP contribution in [0.3, 0.4) is 0 Å². The fourth-order valence-electron chi connectivity index (χ4n) is 1.96. The van der Waals surface area contributed by atoms with Crippen molar-refractivity contribution in [3.8, 4) is 0 Å². The highest BCUT2D eigenvalue weighted by molar-refractivity contribution is 5.80. The first-order chi connectivity index (χ1) is 10.3. The summed E-state index contributed by atoms with van der Waals surface area (Å²) < 4.78 is 26.8. The Morgan fingerprint density at radius 2 is 1.82 bits per heavy atom. The molecular formula is C15H21F2N3O2. The van der Waals surface area contributed by atoms with E-state index in [0.29, 0.717) is 0 Å². The van der Waals surface area contributed by atoms with E-state index < -0.39 is 17.5 Å². The maximum Gasteiger partial charge on any atom is 0.234 e. The summed E-state index contributed by atoms with van der Waals surface area (Å²) in [7, 11) is 0. The van der Waals surface area contributed by atoms with Crippen molar-refractivity contribution < 1.29 is 18.4 Å². The SMILES string of the molecule is CC(C)N(CC(N)=O)CC(=O)NCCc1c(F)cccc1F. The monoisotopic (exact) mass is 313 g/mol. The third-order valence-corrected chi connectivity index (χ3v) is 3.19. The molecule has 0 aromatic heterocycles. The Morgan fingerprint density at radius 3 is 2.32 bits per heavy atom. The van der Waals surface area contributed by atoms with Gasteiger partial charge < -0.3 is 11.1 Å². The number of halogens is 2. The first-order valence-corrected chi connectivity index (χ1v) is 7.03. The zero-order chi connectivity index (χ0) is 16.7. The van der Waals surface area contributed by atoms with Crippen molar-refractivity contribution in [3.63, 3.8) is 0 Å². The number of nitrogens with zero attached hydrogens (tertiary/aromatic N) is 1. The average Bonchev–Trinajstić information content (AvgIpc) is 2.40. The van der Waals surface area contributed by atoms with Gasteiger partial charge in [-0.25, -0.2) is 8.78 Å². The fraction of sp³-hybridized carbons (Fsp3) is 0.467. The number of benzene rings is 1. The van der Waals surface area contributed by atoms with Gasteiger partial charge in [0.25, 0.3) is 0 Å². The lowest BCUT2D eigenvalue weighted by atomic mass is 10.1. The largest absolute Gasteiger partial charge is 0.369 e. The van der Waals surface area contributed by atoms with Crippen molar-refractivity contribution in [2.45, 2.75) is 26.3 Å². The average molecular weight is 313 g/mol. The van der Waals surface area contributed by atoms with E-state index in [1.807, 2.05) is 13.8 Å². The van der Waals surface area contributed by atoms with E-state index in [-0.39, 0.29) is 43.6 Å². The molecule has 5 nitrogen and oxygen atoms in total. The second-order valence-corrected chi connectivity index (χ2v) is 5.27. The second-order valence-electron chi connectivity index (χ2n) is 5.27. The summed E-state index contributed by atoms with van der Waals surface area (Å²) >= 11 is 0. The summed E-state index contributed by atoms with van der Waals surface area (Å²) in [5.41, 5.74) is 5.07. The molecule has 0 radical (unpaired) electrons. The minimum absolute atomic E-state index is 0.000358. The minimum Gasteiger partial charge on any atom is -0.369 e. The topological polar surface area (TPSA) is 75.4 Å². The van der Waals surface area contributed by atoms with Crippen LogP contribution in [-0.4, -0.2) is 42.4 Å². The molecule has 122 valence electrons. The zero-order valence-electron chi connectivity index (χ0n) is 12.7. The minimum atomic E-state index is -0.633. The number of hydrogen-bond acceptors (Lipinski definition) is 3. The molecule has 22 heavy (non-hydrogen) atoms. The van der Waals surface area contributed by atoms with Crippen LogP contribution in [0.2, 0.25) is 0 Å². The maximum absolute atomic E-state index is 13.4. The van der Waals surface area contributed by atoms with E-state index in [4.69, 9.17) is 5.73 Å². The van der Waals surface area contributed by atoms with Crippen molar-refractivity contribution in [2.24, 2.45) is 5.73 Å². The van der Waals surface area contributed by atoms with Crippen LogP contribution >= 0.6 is 0 Å². The molecular weight excluding hydrogens is 292 g/mol. The normalized spacial score (nSPS) is 11.0. The van der Waals surface area contributed by atoms with E-state index in [2.05, 4.69) is 5.32 Å². The van der Waals surface area contributed by atoms with Gasteiger partial charge in [0.1, 0.15) is 11.6 Å². The molecule has 0 saturated heterocycles. The van der Waals surface area contributed by atoms with Gasteiger partial charge in [-0.15, -0.1) is 0 Å². The third kappa shape index (κ3) is 5.77. The molecule has 2 amide bonds. The van der Waals surface area contributed by atoms with Gasteiger partial charge in [0, 0.05) is 18.2 Å². The van der Waals surface area contributed by atoms with Gasteiger partial charge in [0.15, 0.2) is 0 Å². The van der Waals surface area contributed by atoms with Gasteiger partial charge in [0.2, 0.25) is 11.8 Å². The predicted molar refractivity (Wildman–Crippen MR) is 79.0 cm³/mol. The number of rotatable bonds is 8. The highest BCUT2D eigenvalue weighted by atomic mass is 19.1. The number of carbonyl (C=O) groups is 2. The number of amides is 2. The number of carbonyl (C=O) groups excluding carboxylic acids is 2. The van der Waals surface area contributed by atoms with E-state index in [1.165, 1.54) is 18.2 Å². The lowest BCUT2D eigenvalue weighted by Gasteiger charge is -2.24. The molecule has 1 aromatic rings. The predicted octanol–water partition coefficient (Wildman–Crippen LogP) is 0.819. The van der Waals surface area contributed by atoms with E-state index in [0.717, 1.165) is 0 Å². The van der Waals surface area contributed by atoms with Crippen LogP contribution in [0.25, 0.3) is 0 Å². The Balaban J connectivity index is 2.47. The van der Waals surface area contributed by atoms with E-state index in [1.54, 1.807) is 4.90 Å². The summed E-state index contributed by atoms with van der Waals surface area (Å²) in [4.78, 5) is 24.4. The quantitative estimate of drug-likeness (QED) is 0.746. The molecule has 0 atom stereocenters. The molecule has 0 saturated carbocycles. The number of hydrogen-bond donors (Lipinski definition) is 2. The summed E-state index contributed by atoms with van der Waals surface area (Å²) in [5, 5.41) is 2.58. The van der Waals surface area contributed by atoms with Crippen molar-refractivity contribution in [2.75, 3.05) is 19.6 Å². The molecule has 7 heteroatoms. The highest BCUT2D eigenvalue weighted by Crippen LogP contribution is 2.11. The van der Waals surface area contributed by atoms with Crippen LogP contribution in [-0.2, 0) is 16.0 Å². The number of nitrogens with two attached hydrogens (primary N) is 1. The molecule has 0 aliphatic carbocycles. The first-order valence-electron chi connectivity index (χ1n) is 7.03. The summed E-state index contributed by atoms with van der Waals surface area (Å²) in [6.45, 7) is 3.77. The van der Waals surface area contributed by atoms with Gasteiger partial charge in [0.05, 0.1) is 13.1 Å². The van der Waals surface area contributed by atoms with Gasteiger partial charge in [-0.2, -0.15) is 0 Å². The van der Waals surface area contributed by atoms with Crippen molar-refractivity contribution in [1.29, 1.82) is 0 Å². The lowest BCUT2D eigenvalue weighted by Crippen LogP contribution is -2.45. The Bertz CT molecular complexity index is 515. The maximum atomic E-state index is 13.4. The van der Waals surface area contributed by atoms with Crippen LogP contribution in [0.1, 0.15) is 19.4 Å². The van der Waals surface area contributed by atoms with Crippen LogP contribution in [0.4, 0.5) is 8.78 Å². The van der Waals surface area contributed by atoms with E-state index in [9.17, 15) is 18.4 Å².